The zero-order valence-electron chi connectivity index (χ0n) is 16.4. The van der Waals surface area contributed by atoms with Gasteiger partial charge in [0.05, 0.1) is 18.9 Å². The number of carbonyl (C=O) groups excluding carboxylic acids is 1. The molecule has 2 aromatic heterocycles. The van der Waals surface area contributed by atoms with Crippen LogP contribution in [0.15, 0.2) is 18.3 Å². The van der Waals surface area contributed by atoms with Crippen LogP contribution in [0.4, 0.5) is 0 Å². The van der Waals surface area contributed by atoms with Crippen molar-refractivity contribution in [2.75, 3.05) is 32.8 Å². The molecule has 7 nitrogen and oxygen atoms in total. The Morgan fingerprint density at radius 2 is 2.15 bits per heavy atom. The first-order valence-corrected chi connectivity index (χ1v) is 9.95. The van der Waals surface area contributed by atoms with Crippen LogP contribution in [0.3, 0.4) is 0 Å². The van der Waals surface area contributed by atoms with Crippen molar-refractivity contribution in [1.29, 1.82) is 0 Å². The number of hydrogen-bond acceptors (Lipinski definition) is 4. The predicted molar refractivity (Wildman–Crippen MR) is 102 cm³/mol. The van der Waals surface area contributed by atoms with Crippen LogP contribution in [0.1, 0.15) is 40.8 Å². The van der Waals surface area contributed by atoms with Gasteiger partial charge in [0.25, 0.3) is 5.91 Å². The number of hydrogen-bond donors (Lipinski definition) is 0. The largest absolute Gasteiger partial charge is 0.376 e. The van der Waals surface area contributed by atoms with Gasteiger partial charge in [0.15, 0.2) is 0 Å². The Hall–Kier alpha value is -2.12. The third kappa shape index (κ3) is 3.66. The average Bonchev–Trinajstić information content (AvgIpc) is 3.18. The van der Waals surface area contributed by atoms with Crippen LogP contribution >= 0.6 is 0 Å². The van der Waals surface area contributed by atoms with Gasteiger partial charge in [-0.25, -0.2) is 0 Å². The molecule has 2 aliphatic rings. The Kier molecular flexibility index (Phi) is 5.31. The highest BCUT2D eigenvalue weighted by Gasteiger charge is 2.25. The van der Waals surface area contributed by atoms with E-state index in [1.807, 2.05) is 34.8 Å². The van der Waals surface area contributed by atoms with E-state index < -0.39 is 0 Å². The molecule has 0 spiro atoms. The van der Waals surface area contributed by atoms with Gasteiger partial charge in [-0.15, -0.1) is 0 Å². The molecule has 146 valence electrons. The molecule has 2 aromatic rings. The monoisotopic (exact) mass is 371 g/mol. The molecular formula is C20H29N5O2. The summed E-state index contributed by atoms with van der Waals surface area (Å²) < 4.78 is 9.71. The minimum absolute atomic E-state index is 0.130. The van der Waals surface area contributed by atoms with Crippen LogP contribution in [0.2, 0.25) is 0 Å². The van der Waals surface area contributed by atoms with Gasteiger partial charge in [-0.1, -0.05) is 0 Å². The molecule has 0 atom stereocenters. The lowest BCUT2D eigenvalue weighted by atomic mass is 10.1. The molecule has 0 N–H and O–H groups in total. The highest BCUT2D eigenvalue weighted by atomic mass is 16.5. The highest BCUT2D eigenvalue weighted by Crippen LogP contribution is 2.22. The zero-order chi connectivity index (χ0) is 18.8. The number of fused-ring (bicyclic) bond motifs is 1. The van der Waals surface area contributed by atoms with Crippen LogP contribution < -0.4 is 0 Å². The van der Waals surface area contributed by atoms with E-state index in [9.17, 15) is 4.79 Å². The molecule has 0 unspecified atom stereocenters. The maximum atomic E-state index is 12.8. The van der Waals surface area contributed by atoms with E-state index in [-0.39, 0.29) is 5.91 Å². The SMILES string of the molecule is CCn1nc(CN2CCCN(C(=O)c3cccn3C)CC2)c2c1CCOC2. The first-order valence-electron chi connectivity index (χ1n) is 9.95. The number of aryl methyl sites for hydroxylation is 2. The molecule has 0 saturated carbocycles. The predicted octanol–water partition coefficient (Wildman–Crippen LogP) is 1.66. The molecule has 0 bridgehead atoms. The van der Waals surface area contributed by atoms with Crippen LogP contribution in [0, 0.1) is 0 Å². The fraction of sp³-hybridized carbons (Fsp3) is 0.600. The van der Waals surface area contributed by atoms with E-state index in [0.29, 0.717) is 6.61 Å². The molecule has 1 saturated heterocycles. The molecule has 4 rings (SSSR count). The Morgan fingerprint density at radius 3 is 2.93 bits per heavy atom. The van der Waals surface area contributed by atoms with Gasteiger partial charge in [0.1, 0.15) is 5.69 Å². The van der Waals surface area contributed by atoms with Crippen LogP contribution in [-0.2, 0) is 37.9 Å². The van der Waals surface area contributed by atoms with Crippen LogP contribution in [-0.4, -0.2) is 62.8 Å². The molecule has 0 radical (unpaired) electrons. The number of rotatable bonds is 4. The molecule has 4 heterocycles. The van der Waals surface area contributed by atoms with Crippen LogP contribution in [0.25, 0.3) is 0 Å². The summed E-state index contributed by atoms with van der Waals surface area (Å²) >= 11 is 0. The average molecular weight is 371 g/mol. The second-order valence-electron chi connectivity index (χ2n) is 7.42. The summed E-state index contributed by atoms with van der Waals surface area (Å²) in [6.07, 6.45) is 3.87. The van der Waals surface area contributed by atoms with Gasteiger partial charge < -0.3 is 14.2 Å². The summed E-state index contributed by atoms with van der Waals surface area (Å²) in [7, 11) is 1.92. The molecule has 27 heavy (non-hydrogen) atoms. The fourth-order valence-electron chi connectivity index (χ4n) is 4.16. The number of nitrogens with zero attached hydrogens (tertiary/aromatic N) is 5. The van der Waals surface area contributed by atoms with Crippen molar-refractivity contribution < 1.29 is 9.53 Å². The minimum Gasteiger partial charge on any atom is -0.376 e. The Bertz CT molecular complexity index is 809. The molecule has 1 fully saturated rings. The standard InChI is InChI=1S/C20H29N5O2/c1-3-25-18-7-13-27-15-16(18)17(21-25)14-23-9-5-10-24(12-11-23)20(26)19-6-4-8-22(19)2/h4,6,8H,3,5,7,9-15H2,1-2H3. The maximum absolute atomic E-state index is 12.8. The third-order valence-electron chi connectivity index (χ3n) is 5.69. The van der Waals surface area contributed by atoms with Gasteiger partial charge in [0, 0.05) is 70.2 Å². The summed E-state index contributed by atoms with van der Waals surface area (Å²) in [5.41, 5.74) is 4.53. The van der Waals surface area contributed by atoms with Crippen molar-refractivity contribution in [1.82, 2.24) is 24.1 Å². The van der Waals surface area contributed by atoms with E-state index in [1.165, 1.54) is 11.3 Å². The Balaban J connectivity index is 1.43. The molecule has 7 heteroatoms. The van der Waals surface area contributed by atoms with Crippen molar-refractivity contribution in [2.24, 2.45) is 7.05 Å². The summed E-state index contributed by atoms with van der Waals surface area (Å²) in [5.74, 6) is 0.130. The lowest BCUT2D eigenvalue weighted by Gasteiger charge is -2.22. The van der Waals surface area contributed by atoms with E-state index >= 15 is 0 Å². The summed E-state index contributed by atoms with van der Waals surface area (Å²) in [4.78, 5) is 17.2. The van der Waals surface area contributed by atoms with E-state index in [4.69, 9.17) is 9.84 Å². The smallest absolute Gasteiger partial charge is 0.270 e. The fourth-order valence-corrected chi connectivity index (χ4v) is 4.16. The van der Waals surface area contributed by atoms with Gasteiger partial charge in [-0.05, 0) is 25.5 Å². The molecule has 0 aromatic carbocycles. The van der Waals surface area contributed by atoms with E-state index in [1.54, 1.807) is 0 Å². The minimum atomic E-state index is 0.130. The van der Waals surface area contributed by atoms with E-state index in [0.717, 1.165) is 70.1 Å². The molecule has 0 aliphatic carbocycles. The van der Waals surface area contributed by atoms with Crippen molar-refractivity contribution in [3.63, 3.8) is 0 Å². The number of carbonyl (C=O) groups is 1. The molecule has 2 aliphatic heterocycles. The molecular weight excluding hydrogens is 342 g/mol. The van der Waals surface area contributed by atoms with E-state index in [2.05, 4.69) is 16.5 Å². The summed E-state index contributed by atoms with van der Waals surface area (Å²) in [5, 5.41) is 4.85. The second-order valence-corrected chi connectivity index (χ2v) is 7.42. The number of aromatic nitrogens is 3. The lowest BCUT2D eigenvalue weighted by molar-refractivity contribution is 0.0751. The van der Waals surface area contributed by atoms with Gasteiger partial charge in [-0.2, -0.15) is 5.10 Å². The topological polar surface area (TPSA) is 55.5 Å². The zero-order valence-corrected chi connectivity index (χ0v) is 16.4. The van der Waals surface area contributed by atoms with Gasteiger partial charge >= 0.3 is 0 Å². The number of ether oxygens (including phenoxy) is 1. The number of amides is 1. The maximum Gasteiger partial charge on any atom is 0.270 e. The van der Waals surface area contributed by atoms with Crippen molar-refractivity contribution in [3.05, 3.63) is 41.0 Å². The van der Waals surface area contributed by atoms with Gasteiger partial charge in [-0.3, -0.25) is 14.4 Å². The van der Waals surface area contributed by atoms with Crippen LogP contribution in [0.5, 0.6) is 0 Å². The summed E-state index contributed by atoms with van der Waals surface area (Å²) in [6, 6.07) is 3.82. The lowest BCUT2D eigenvalue weighted by Crippen LogP contribution is -2.36. The first kappa shape index (κ1) is 18.3. The van der Waals surface area contributed by atoms with Gasteiger partial charge in [0.2, 0.25) is 0 Å². The Labute approximate surface area is 160 Å². The van der Waals surface area contributed by atoms with Crippen molar-refractivity contribution >= 4 is 5.91 Å². The normalized spacial score (nSPS) is 18.4. The second kappa shape index (κ2) is 7.86. The Morgan fingerprint density at radius 1 is 1.26 bits per heavy atom. The quantitative estimate of drug-likeness (QED) is 0.820. The molecule has 1 amide bonds. The van der Waals surface area contributed by atoms with Crippen molar-refractivity contribution in [3.8, 4) is 0 Å². The summed E-state index contributed by atoms with van der Waals surface area (Å²) in [6.45, 7) is 8.80. The highest BCUT2D eigenvalue weighted by molar-refractivity contribution is 5.92. The first-order chi connectivity index (χ1) is 13.2. The third-order valence-corrected chi connectivity index (χ3v) is 5.69. The van der Waals surface area contributed by atoms with Crippen molar-refractivity contribution in [2.45, 2.75) is 39.5 Å².